The van der Waals surface area contributed by atoms with E-state index in [-0.39, 0.29) is 0 Å². The van der Waals surface area contributed by atoms with Crippen molar-refractivity contribution in [2.24, 2.45) is 0 Å². The zero-order valence-corrected chi connectivity index (χ0v) is 6.97. The second-order valence-electron chi connectivity index (χ2n) is 2.49. The summed E-state index contributed by atoms with van der Waals surface area (Å²) >= 11 is 1.94. The van der Waals surface area contributed by atoms with E-state index < -0.39 is 0 Å². The topological polar surface area (TPSA) is 56.7 Å². The molecule has 2 rings (SSSR count). The summed E-state index contributed by atoms with van der Waals surface area (Å²) in [5.74, 6) is 3.85. The largest absolute Gasteiger partial charge is 0.368 e. The van der Waals surface area contributed by atoms with Gasteiger partial charge in [0.05, 0.1) is 0 Å². The molecule has 11 heavy (non-hydrogen) atoms. The van der Waals surface area contributed by atoms with Gasteiger partial charge in [0, 0.05) is 24.5 Å². The van der Waals surface area contributed by atoms with Gasteiger partial charge in [-0.1, -0.05) is 0 Å². The first-order valence-corrected chi connectivity index (χ1v) is 4.78. The van der Waals surface area contributed by atoms with Crippen molar-refractivity contribution in [2.75, 3.05) is 17.2 Å². The zero-order valence-electron chi connectivity index (χ0n) is 6.16. The van der Waals surface area contributed by atoms with Gasteiger partial charge < -0.3 is 5.73 Å². The van der Waals surface area contributed by atoms with E-state index >= 15 is 0 Å². The molecule has 0 amide bonds. The summed E-state index contributed by atoms with van der Waals surface area (Å²) < 4.78 is 2.00. The van der Waals surface area contributed by atoms with Crippen molar-refractivity contribution in [3.63, 3.8) is 0 Å². The highest BCUT2D eigenvalue weighted by Gasteiger charge is 2.11. The molecule has 0 spiro atoms. The van der Waals surface area contributed by atoms with Gasteiger partial charge in [0.1, 0.15) is 5.82 Å². The van der Waals surface area contributed by atoms with Crippen molar-refractivity contribution in [1.82, 2.24) is 14.8 Å². The first-order chi connectivity index (χ1) is 5.38. The minimum Gasteiger partial charge on any atom is -0.368 e. The molecule has 0 aromatic carbocycles. The van der Waals surface area contributed by atoms with Gasteiger partial charge in [-0.25, -0.2) is 0 Å². The summed E-state index contributed by atoms with van der Waals surface area (Å²) in [6.07, 6.45) is 0.995. The van der Waals surface area contributed by atoms with Gasteiger partial charge in [0.25, 0.3) is 0 Å². The standard InChI is InChI=1S/C6H10N4S/c7-6-9-8-5-1-3-11-4-2-10(5)6/h1-4H2,(H2,7,9). The Balaban J connectivity index is 2.35. The van der Waals surface area contributed by atoms with Crippen LogP contribution in [0, 0.1) is 0 Å². The molecule has 0 saturated heterocycles. The molecule has 0 fully saturated rings. The quantitative estimate of drug-likeness (QED) is 0.602. The summed E-state index contributed by atoms with van der Waals surface area (Å²) in [5, 5.41) is 7.81. The lowest BCUT2D eigenvalue weighted by Gasteiger charge is -2.00. The number of aryl methyl sites for hydroxylation is 1. The molecule has 4 nitrogen and oxygen atoms in total. The Bertz CT molecular complexity index is 257. The average Bonchev–Trinajstić information content (AvgIpc) is 2.25. The summed E-state index contributed by atoms with van der Waals surface area (Å²) in [6.45, 7) is 0.957. The molecule has 1 aromatic heterocycles. The highest BCUT2D eigenvalue weighted by Crippen LogP contribution is 2.14. The van der Waals surface area contributed by atoms with Gasteiger partial charge in [0.2, 0.25) is 5.95 Å². The lowest BCUT2D eigenvalue weighted by Crippen LogP contribution is -2.06. The molecule has 60 valence electrons. The molecular formula is C6H10N4S. The fraction of sp³-hybridized carbons (Fsp3) is 0.667. The summed E-state index contributed by atoms with van der Waals surface area (Å²) in [4.78, 5) is 0. The van der Waals surface area contributed by atoms with Crippen LogP contribution in [0.3, 0.4) is 0 Å². The molecule has 1 aliphatic rings. The van der Waals surface area contributed by atoms with Gasteiger partial charge in [-0.3, -0.25) is 4.57 Å². The van der Waals surface area contributed by atoms with Crippen molar-refractivity contribution in [2.45, 2.75) is 13.0 Å². The smallest absolute Gasteiger partial charge is 0.222 e. The van der Waals surface area contributed by atoms with Crippen LogP contribution in [0.1, 0.15) is 5.82 Å². The molecule has 0 saturated carbocycles. The number of rotatable bonds is 0. The Morgan fingerprint density at radius 3 is 3.18 bits per heavy atom. The first-order valence-electron chi connectivity index (χ1n) is 3.63. The van der Waals surface area contributed by atoms with Crippen molar-refractivity contribution >= 4 is 17.7 Å². The van der Waals surface area contributed by atoms with Crippen LogP contribution in [-0.2, 0) is 13.0 Å². The van der Waals surface area contributed by atoms with E-state index in [0.717, 1.165) is 30.3 Å². The van der Waals surface area contributed by atoms with Crippen LogP contribution in [0.15, 0.2) is 0 Å². The van der Waals surface area contributed by atoms with Crippen molar-refractivity contribution in [3.05, 3.63) is 5.82 Å². The van der Waals surface area contributed by atoms with Crippen molar-refractivity contribution in [1.29, 1.82) is 0 Å². The van der Waals surface area contributed by atoms with Gasteiger partial charge in [-0.15, -0.1) is 10.2 Å². The van der Waals surface area contributed by atoms with E-state index in [1.165, 1.54) is 0 Å². The molecular weight excluding hydrogens is 160 g/mol. The molecule has 2 N–H and O–H groups in total. The summed E-state index contributed by atoms with van der Waals surface area (Å²) in [6, 6.07) is 0. The second-order valence-corrected chi connectivity index (χ2v) is 3.71. The number of nitrogens with two attached hydrogens (primary N) is 1. The normalized spacial score (nSPS) is 17.5. The predicted octanol–water partition coefficient (Wildman–Crippen LogP) is 0.150. The molecule has 0 radical (unpaired) electrons. The number of nitrogens with zero attached hydrogens (tertiary/aromatic N) is 3. The SMILES string of the molecule is Nc1nnc2n1CCSCC2. The van der Waals surface area contributed by atoms with Crippen LogP contribution < -0.4 is 5.73 Å². The lowest BCUT2D eigenvalue weighted by molar-refractivity contribution is 0.734. The van der Waals surface area contributed by atoms with E-state index in [9.17, 15) is 0 Å². The highest BCUT2D eigenvalue weighted by atomic mass is 32.2. The number of thioether (sulfide) groups is 1. The highest BCUT2D eigenvalue weighted by molar-refractivity contribution is 7.99. The fourth-order valence-electron chi connectivity index (χ4n) is 1.20. The van der Waals surface area contributed by atoms with E-state index in [0.29, 0.717) is 5.95 Å². The van der Waals surface area contributed by atoms with E-state index in [1.807, 2.05) is 16.3 Å². The number of nitrogen functional groups attached to an aromatic ring is 1. The van der Waals surface area contributed by atoms with Crippen LogP contribution in [0.2, 0.25) is 0 Å². The van der Waals surface area contributed by atoms with Crippen molar-refractivity contribution in [3.8, 4) is 0 Å². The Labute approximate surface area is 69.2 Å². The van der Waals surface area contributed by atoms with E-state index in [2.05, 4.69) is 10.2 Å². The maximum atomic E-state index is 5.61. The minimum absolute atomic E-state index is 0.558. The van der Waals surface area contributed by atoms with Gasteiger partial charge in [-0.2, -0.15) is 11.8 Å². The minimum atomic E-state index is 0.558. The van der Waals surface area contributed by atoms with Gasteiger partial charge >= 0.3 is 0 Å². The van der Waals surface area contributed by atoms with Crippen LogP contribution >= 0.6 is 11.8 Å². The van der Waals surface area contributed by atoms with Crippen LogP contribution in [-0.4, -0.2) is 26.3 Å². The third kappa shape index (κ3) is 1.20. The molecule has 5 heteroatoms. The number of fused-ring (bicyclic) bond motifs is 1. The van der Waals surface area contributed by atoms with Crippen LogP contribution in [0.25, 0.3) is 0 Å². The predicted molar refractivity (Wildman–Crippen MR) is 45.5 cm³/mol. The average molecular weight is 170 g/mol. The summed E-state index contributed by atoms with van der Waals surface area (Å²) in [7, 11) is 0. The second kappa shape index (κ2) is 2.73. The molecule has 0 aliphatic carbocycles. The third-order valence-electron chi connectivity index (χ3n) is 1.79. The number of aromatic nitrogens is 3. The van der Waals surface area contributed by atoms with Gasteiger partial charge in [0.15, 0.2) is 0 Å². The molecule has 1 aromatic rings. The van der Waals surface area contributed by atoms with Crippen LogP contribution in [0.5, 0.6) is 0 Å². The number of hydrogen-bond acceptors (Lipinski definition) is 4. The monoisotopic (exact) mass is 170 g/mol. The fourth-order valence-corrected chi connectivity index (χ4v) is 2.04. The maximum Gasteiger partial charge on any atom is 0.222 e. The molecule has 0 unspecified atom stereocenters. The molecule has 0 bridgehead atoms. The lowest BCUT2D eigenvalue weighted by atomic mass is 10.4. The third-order valence-corrected chi connectivity index (χ3v) is 2.75. The Hall–Kier alpha value is -0.710. The Morgan fingerprint density at radius 1 is 1.36 bits per heavy atom. The zero-order chi connectivity index (χ0) is 7.68. The van der Waals surface area contributed by atoms with Gasteiger partial charge in [-0.05, 0) is 0 Å². The molecule has 0 atom stereocenters. The number of hydrogen-bond donors (Lipinski definition) is 1. The number of anilines is 1. The van der Waals surface area contributed by atoms with Crippen molar-refractivity contribution < 1.29 is 0 Å². The molecule has 2 heterocycles. The summed E-state index contributed by atoms with van der Waals surface area (Å²) in [5.41, 5.74) is 5.61. The van der Waals surface area contributed by atoms with Crippen LogP contribution in [0.4, 0.5) is 5.95 Å². The molecule has 1 aliphatic heterocycles. The first kappa shape index (κ1) is 6.97. The Kier molecular flexibility index (Phi) is 1.73. The van der Waals surface area contributed by atoms with E-state index in [1.54, 1.807) is 0 Å². The maximum absolute atomic E-state index is 5.61. The van der Waals surface area contributed by atoms with E-state index in [4.69, 9.17) is 5.73 Å². The Morgan fingerprint density at radius 2 is 2.27 bits per heavy atom.